The number of carbonyl (C=O) groups is 3. The lowest BCUT2D eigenvalue weighted by molar-refractivity contribution is -0.167. The van der Waals surface area contributed by atoms with Gasteiger partial charge in [-0.1, -0.05) is 189 Å². The summed E-state index contributed by atoms with van der Waals surface area (Å²) in [5, 5.41) is 0. The van der Waals surface area contributed by atoms with Crippen molar-refractivity contribution in [3.63, 3.8) is 0 Å². The molecule has 0 aliphatic rings. The lowest BCUT2D eigenvalue weighted by Crippen LogP contribution is -2.30. The van der Waals surface area contributed by atoms with E-state index in [-0.39, 0.29) is 31.1 Å². The van der Waals surface area contributed by atoms with Crippen molar-refractivity contribution >= 4 is 17.9 Å². The average Bonchev–Trinajstić information content (AvgIpc) is 3.08. The third kappa shape index (κ3) is 36.0. The monoisotopic (exact) mass is 695 g/mol. The largest absolute Gasteiger partial charge is 0.462 e. The van der Waals surface area contributed by atoms with E-state index < -0.39 is 6.10 Å². The van der Waals surface area contributed by atoms with Crippen LogP contribution in [0.15, 0.2) is 0 Å². The highest BCUT2D eigenvalue weighted by Gasteiger charge is 2.19. The Morgan fingerprint density at radius 3 is 1.16 bits per heavy atom. The number of hydrogen-bond acceptors (Lipinski definition) is 6. The molecule has 0 bridgehead atoms. The number of esters is 3. The lowest BCUT2D eigenvalue weighted by Gasteiger charge is -2.18. The van der Waals surface area contributed by atoms with E-state index in [1.54, 1.807) is 0 Å². The van der Waals surface area contributed by atoms with Crippen LogP contribution >= 0.6 is 0 Å². The van der Waals surface area contributed by atoms with E-state index in [1.807, 2.05) is 0 Å². The molecule has 0 spiro atoms. The van der Waals surface area contributed by atoms with Crippen molar-refractivity contribution < 1.29 is 28.6 Å². The summed E-state index contributed by atoms with van der Waals surface area (Å²) >= 11 is 0. The Hall–Kier alpha value is -1.59. The molecule has 0 saturated heterocycles. The molecule has 49 heavy (non-hydrogen) atoms. The summed E-state index contributed by atoms with van der Waals surface area (Å²) in [7, 11) is 0. The summed E-state index contributed by atoms with van der Waals surface area (Å²) in [6, 6.07) is 0. The topological polar surface area (TPSA) is 78.9 Å². The summed E-state index contributed by atoms with van der Waals surface area (Å²) in [6.45, 7) is 11.2. The molecule has 0 aromatic rings. The maximum absolute atomic E-state index is 12.6. The van der Waals surface area contributed by atoms with Gasteiger partial charge >= 0.3 is 17.9 Å². The third-order valence-electron chi connectivity index (χ3n) is 9.83. The van der Waals surface area contributed by atoms with Crippen LogP contribution in [0.25, 0.3) is 0 Å². The molecule has 0 fully saturated rings. The predicted octanol–water partition coefficient (Wildman–Crippen LogP) is 13.0. The second-order valence-corrected chi connectivity index (χ2v) is 15.3. The summed E-state index contributed by atoms with van der Waals surface area (Å²) in [5.74, 6) is 0.775. The first-order valence-corrected chi connectivity index (χ1v) is 21.3. The standard InChI is InChI=1S/C43H82O6/c1-6-8-9-21-28-33-41(44)47-36-40(37-48-42(45)34-29-24-20-19-23-27-32-39(5)7-2)49-43(46)35-30-25-18-16-14-12-10-11-13-15-17-22-26-31-38(3)4/h38-40H,6-37H2,1-5H3/t39?,40-/m0/s1. The van der Waals surface area contributed by atoms with Crippen molar-refractivity contribution in [3.05, 3.63) is 0 Å². The molecule has 0 rings (SSSR count). The van der Waals surface area contributed by atoms with Gasteiger partial charge < -0.3 is 14.2 Å². The van der Waals surface area contributed by atoms with Crippen molar-refractivity contribution in [3.8, 4) is 0 Å². The second-order valence-electron chi connectivity index (χ2n) is 15.3. The van der Waals surface area contributed by atoms with Crippen LogP contribution < -0.4 is 0 Å². The molecule has 0 aliphatic carbocycles. The number of carbonyl (C=O) groups excluding carboxylic acids is 3. The molecule has 0 aliphatic heterocycles. The van der Waals surface area contributed by atoms with Gasteiger partial charge in [-0.05, 0) is 31.1 Å². The summed E-state index contributed by atoms with van der Waals surface area (Å²) in [6.07, 6.45) is 32.6. The zero-order valence-electron chi connectivity index (χ0n) is 33.3. The van der Waals surface area contributed by atoms with Gasteiger partial charge in [-0.2, -0.15) is 0 Å². The van der Waals surface area contributed by atoms with Crippen LogP contribution in [0.1, 0.15) is 227 Å². The van der Waals surface area contributed by atoms with Crippen LogP contribution in [0, 0.1) is 11.8 Å². The summed E-state index contributed by atoms with van der Waals surface area (Å²) < 4.78 is 16.6. The lowest BCUT2D eigenvalue weighted by atomic mass is 10.00. The molecule has 0 amide bonds. The quantitative estimate of drug-likeness (QED) is 0.0366. The minimum absolute atomic E-state index is 0.0674. The number of hydrogen-bond donors (Lipinski definition) is 0. The zero-order valence-corrected chi connectivity index (χ0v) is 33.3. The highest BCUT2D eigenvalue weighted by atomic mass is 16.6. The molecular formula is C43H82O6. The molecule has 0 heterocycles. The SMILES string of the molecule is CCCCCCCC(=O)OC[C@@H](COC(=O)CCCCCCCCC(C)CC)OC(=O)CCCCCCCCCCCCCCCC(C)C. The van der Waals surface area contributed by atoms with Gasteiger partial charge in [0.1, 0.15) is 13.2 Å². The Morgan fingerprint density at radius 1 is 0.429 bits per heavy atom. The third-order valence-corrected chi connectivity index (χ3v) is 9.83. The fourth-order valence-corrected chi connectivity index (χ4v) is 6.19. The van der Waals surface area contributed by atoms with Crippen LogP contribution in [0.2, 0.25) is 0 Å². The Morgan fingerprint density at radius 2 is 0.776 bits per heavy atom. The van der Waals surface area contributed by atoms with Gasteiger partial charge in [-0.25, -0.2) is 0 Å². The van der Waals surface area contributed by atoms with Gasteiger partial charge in [0.15, 0.2) is 6.10 Å². The maximum Gasteiger partial charge on any atom is 0.306 e. The van der Waals surface area contributed by atoms with E-state index in [1.165, 1.54) is 109 Å². The Bertz CT molecular complexity index is 751. The first-order valence-electron chi connectivity index (χ1n) is 21.3. The first-order chi connectivity index (χ1) is 23.8. The van der Waals surface area contributed by atoms with Crippen molar-refractivity contribution in [1.29, 1.82) is 0 Å². The van der Waals surface area contributed by atoms with Crippen LogP contribution in [-0.2, 0) is 28.6 Å². The highest BCUT2D eigenvalue weighted by molar-refractivity contribution is 5.71. The maximum atomic E-state index is 12.6. The molecule has 0 N–H and O–H groups in total. The van der Waals surface area contributed by atoms with E-state index in [0.717, 1.165) is 76.0 Å². The van der Waals surface area contributed by atoms with Crippen molar-refractivity contribution in [1.82, 2.24) is 0 Å². The predicted molar refractivity (Wildman–Crippen MR) is 206 cm³/mol. The fraction of sp³-hybridized carbons (Fsp3) is 0.930. The van der Waals surface area contributed by atoms with Crippen molar-refractivity contribution in [2.75, 3.05) is 13.2 Å². The Kier molecular flexibility index (Phi) is 35.0. The smallest absolute Gasteiger partial charge is 0.306 e. The van der Waals surface area contributed by atoms with Crippen LogP contribution in [0.5, 0.6) is 0 Å². The molecule has 290 valence electrons. The van der Waals surface area contributed by atoms with E-state index in [2.05, 4.69) is 34.6 Å². The van der Waals surface area contributed by atoms with Crippen molar-refractivity contribution in [2.24, 2.45) is 11.8 Å². The van der Waals surface area contributed by atoms with Gasteiger partial charge in [0.2, 0.25) is 0 Å². The first kappa shape index (κ1) is 47.4. The Balaban J connectivity index is 4.21. The minimum Gasteiger partial charge on any atom is -0.462 e. The molecular weight excluding hydrogens is 612 g/mol. The minimum atomic E-state index is -0.758. The molecule has 6 nitrogen and oxygen atoms in total. The van der Waals surface area contributed by atoms with Crippen LogP contribution in [0.3, 0.4) is 0 Å². The number of ether oxygens (including phenoxy) is 3. The molecule has 0 radical (unpaired) electrons. The van der Waals surface area contributed by atoms with Crippen molar-refractivity contribution in [2.45, 2.75) is 233 Å². The van der Waals surface area contributed by atoms with Gasteiger partial charge in [0.25, 0.3) is 0 Å². The zero-order chi connectivity index (χ0) is 36.2. The van der Waals surface area contributed by atoms with Gasteiger partial charge in [-0.15, -0.1) is 0 Å². The number of rotatable bonds is 37. The van der Waals surface area contributed by atoms with Gasteiger partial charge in [-0.3, -0.25) is 14.4 Å². The van der Waals surface area contributed by atoms with E-state index >= 15 is 0 Å². The fourth-order valence-electron chi connectivity index (χ4n) is 6.19. The molecule has 6 heteroatoms. The highest BCUT2D eigenvalue weighted by Crippen LogP contribution is 2.17. The van der Waals surface area contributed by atoms with Gasteiger partial charge in [0.05, 0.1) is 0 Å². The molecule has 0 saturated carbocycles. The molecule has 0 aromatic heterocycles. The van der Waals surface area contributed by atoms with Crippen LogP contribution in [0.4, 0.5) is 0 Å². The molecule has 0 aromatic carbocycles. The second kappa shape index (κ2) is 36.2. The van der Waals surface area contributed by atoms with E-state index in [4.69, 9.17) is 14.2 Å². The summed E-state index contributed by atoms with van der Waals surface area (Å²) in [5.41, 5.74) is 0. The Labute approximate surface area is 304 Å². The van der Waals surface area contributed by atoms with Crippen LogP contribution in [-0.4, -0.2) is 37.2 Å². The van der Waals surface area contributed by atoms with E-state index in [9.17, 15) is 14.4 Å². The average molecular weight is 695 g/mol. The van der Waals surface area contributed by atoms with Gasteiger partial charge in [0, 0.05) is 19.3 Å². The molecule has 1 unspecified atom stereocenters. The summed E-state index contributed by atoms with van der Waals surface area (Å²) in [4.78, 5) is 37.3. The molecule has 2 atom stereocenters. The normalized spacial score (nSPS) is 12.6. The number of unbranched alkanes of at least 4 members (excludes halogenated alkanes) is 21. The van der Waals surface area contributed by atoms with E-state index in [0.29, 0.717) is 19.3 Å².